The third-order valence-corrected chi connectivity index (χ3v) is 4.16. The van der Waals surface area contributed by atoms with Gasteiger partial charge in [0.2, 0.25) is 0 Å². The zero-order valence-electron chi connectivity index (χ0n) is 11.1. The minimum absolute atomic E-state index is 0.119. The van der Waals surface area contributed by atoms with Crippen LogP contribution >= 0.6 is 11.8 Å². The molecule has 2 atom stereocenters. The van der Waals surface area contributed by atoms with E-state index in [1.807, 2.05) is 6.07 Å². The molecule has 0 bridgehead atoms. The first kappa shape index (κ1) is 14.3. The number of carbonyl (C=O) groups excluding carboxylic acids is 1. The molecule has 1 aliphatic carbocycles. The molecule has 19 heavy (non-hydrogen) atoms. The predicted molar refractivity (Wildman–Crippen MR) is 76.4 cm³/mol. The van der Waals surface area contributed by atoms with E-state index in [9.17, 15) is 9.90 Å². The van der Waals surface area contributed by atoms with Crippen molar-refractivity contribution in [1.82, 2.24) is 10.3 Å². The van der Waals surface area contributed by atoms with E-state index in [1.54, 1.807) is 24.0 Å². The first-order valence-electron chi connectivity index (χ1n) is 6.78. The maximum Gasteiger partial charge on any atom is 0.253 e. The SMILES string of the molecule is CCSc1ccc(C(=O)NC2CCCCC2O)cn1. The van der Waals surface area contributed by atoms with Gasteiger partial charge in [-0.15, -0.1) is 11.8 Å². The Bertz CT molecular complexity index is 422. The van der Waals surface area contributed by atoms with Crippen LogP contribution in [0, 0.1) is 0 Å². The number of aromatic nitrogens is 1. The lowest BCUT2D eigenvalue weighted by atomic mass is 9.92. The van der Waals surface area contributed by atoms with Crippen LogP contribution in [0.2, 0.25) is 0 Å². The number of amides is 1. The summed E-state index contributed by atoms with van der Waals surface area (Å²) in [5.41, 5.74) is 0.554. The van der Waals surface area contributed by atoms with Gasteiger partial charge in [0.05, 0.1) is 22.7 Å². The van der Waals surface area contributed by atoms with Crippen molar-refractivity contribution in [2.45, 2.75) is 49.8 Å². The fraction of sp³-hybridized carbons (Fsp3) is 0.571. The molecule has 2 unspecified atom stereocenters. The van der Waals surface area contributed by atoms with Gasteiger partial charge in [0, 0.05) is 6.20 Å². The van der Waals surface area contributed by atoms with Crippen LogP contribution in [-0.4, -0.2) is 33.9 Å². The maximum atomic E-state index is 12.1. The largest absolute Gasteiger partial charge is 0.391 e. The average molecular weight is 280 g/mol. The molecular weight excluding hydrogens is 260 g/mol. The second kappa shape index (κ2) is 6.91. The van der Waals surface area contributed by atoms with E-state index in [0.717, 1.165) is 36.5 Å². The number of aliphatic hydroxyl groups is 1. The lowest BCUT2D eigenvalue weighted by Crippen LogP contribution is -2.45. The van der Waals surface area contributed by atoms with Crippen LogP contribution in [0.3, 0.4) is 0 Å². The van der Waals surface area contributed by atoms with Crippen LogP contribution in [0.1, 0.15) is 43.0 Å². The Kier molecular flexibility index (Phi) is 5.22. The van der Waals surface area contributed by atoms with Gasteiger partial charge in [-0.1, -0.05) is 19.8 Å². The predicted octanol–water partition coefficient (Wildman–Crippen LogP) is 2.23. The number of pyridine rings is 1. The number of hydrogen-bond donors (Lipinski definition) is 2. The number of rotatable bonds is 4. The van der Waals surface area contributed by atoms with E-state index < -0.39 is 6.10 Å². The Morgan fingerprint density at radius 3 is 2.89 bits per heavy atom. The summed E-state index contributed by atoms with van der Waals surface area (Å²) < 4.78 is 0. The number of nitrogens with one attached hydrogen (secondary N) is 1. The summed E-state index contributed by atoms with van der Waals surface area (Å²) in [6.45, 7) is 2.07. The highest BCUT2D eigenvalue weighted by Gasteiger charge is 2.24. The van der Waals surface area contributed by atoms with Crippen molar-refractivity contribution >= 4 is 17.7 Å². The van der Waals surface area contributed by atoms with Crippen LogP contribution in [0.25, 0.3) is 0 Å². The van der Waals surface area contributed by atoms with Gasteiger partial charge >= 0.3 is 0 Å². The fourth-order valence-electron chi connectivity index (χ4n) is 2.28. The highest BCUT2D eigenvalue weighted by atomic mass is 32.2. The summed E-state index contributed by atoms with van der Waals surface area (Å²) >= 11 is 1.65. The molecule has 2 N–H and O–H groups in total. The third kappa shape index (κ3) is 3.94. The van der Waals surface area contributed by atoms with E-state index in [1.165, 1.54) is 0 Å². The molecule has 0 spiro atoms. The van der Waals surface area contributed by atoms with Crippen molar-refractivity contribution in [3.63, 3.8) is 0 Å². The molecule has 0 aliphatic heterocycles. The molecule has 4 nitrogen and oxygen atoms in total. The molecule has 5 heteroatoms. The summed E-state index contributed by atoms with van der Waals surface area (Å²) in [7, 11) is 0. The van der Waals surface area contributed by atoms with Gasteiger partial charge < -0.3 is 10.4 Å². The van der Waals surface area contributed by atoms with E-state index in [4.69, 9.17) is 0 Å². The normalized spacial score (nSPS) is 23.1. The Morgan fingerprint density at radius 1 is 1.47 bits per heavy atom. The number of carbonyl (C=O) groups is 1. The smallest absolute Gasteiger partial charge is 0.253 e. The van der Waals surface area contributed by atoms with Crippen LogP contribution in [0.5, 0.6) is 0 Å². The Balaban J connectivity index is 1.95. The van der Waals surface area contributed by atoms with Gasteiger partial charge in [-0.25, -0.2) is 4.98 Å². The lowest BCUT2D eigenvalue weighted by Gasteiger charge is -2.28. The quantitative estimate of drug-likeness (QED) is 0.830. The van der Waals surface area contributed by atoms with Crippen molar-refractivity contribution in [3.8, 4) is 0 Å². The summed E-state index contributed by atoms with van der Waals surface area (Å²) in [5.74, 6) is 0.818. The highest BCUT2D eigenvalue weighted by molar-refractivity contribution is 7.99. The molecule has 0 radical (unpaired) electrons. The first-order chi connectivity index (χ1) is 9.20. The molecule has 1 aromatic heterocycles. The van der Waals surface area contributed by atoms with Gasteiger partial charge in [0.15, 0.2) is 0 Å². The van der Waals surface area contributed by atoms with Gasteiger partial charge in [-0.3, -0.25) is 4.79 Å². The van der Waals surface area contributed by atoms with Gasteiger partial charge in [-0.05, 0) is 30.7 Å². The van der Waals surface area contributed by atoms with Crippen LogP contribution < -0.4 is 5.32 Å². The first-order valence-corrected chi connectivity index (χ1v) is 7.77. The number of aliphatic hydroxyl groups excluding tert-OH is 1. The molecule has 1 aliphatic rings. The van der Waals surface area contributed by atoms with E-state index >= 15 is 0 Å². The second-order valence-electron chi connectivity index (χ2n) is 4.75. The molecule has 104 valence electrons. The summed E-state index contributed by atoms with van der Waals surface area (Å²) in [5, 5.41) is 13.7. The zero-order valence-corrected chi connectivity index (χ0v) is 11.9. The molecule has 1 fully saturated rings. The average Bonchev–Trinajstić information content (AvgIpc) is 2.42. The molecule has 2 rings (SSSR count). The Hall–Kier alpha value is -1.07. The zero-order chi connectivity index (χ0) is 13.7. The van der Waals surface area contributed by atoms with Crippen LogP contribution in [0.4, 0.5) is 0 Å². The number of hydrogen-bond acceptors (Lipinski definition) is 4. The third-order valence-electron chi connectivity index (χ3n) is 3.34. The van der Waals surface area contributed by atoms with Crippen molar-refractivity contribution < 1.29 is 9.90 Å². The van der Waals surface area contributed by atoms with Crippen molar-refractivity contribution in [1.29, 1.82) is 0 Å². The van der Waals surface area contributed by atoms with E-state index in [0.29, 0.717) is 5.56 Å². The Morgan fingerprint density at radius 2 is 2.26 bits per heavy atom. The monoisotopic (exact) mass is 280 g/mol. The molecule has 1 amide bonds. The minimum atomic E-state index is -0.416. The maximum absolute atomic E-state index is 12.1. The van der Waals surface area contributed by atoms with Crippen LogP contribution in [-0.2, 0) is 0 Å². The topological polar surface area (TPSA) is 62.2 Å². The standard InChI is InChI=1S/C14H20N2O2S/c1-2-19-13-8-7-10(9-15-13)14(18)16-11-5-3-4-6-12(11)17/h7-9,11-12,17H,2-6H2,1H3,(H,16,18). The van der Waals surface area contributed by atoms with Crippen LogP contribution in [0.15, 0.2) is 23.4 Å². The van der Waals surface area contributed by atoms with Gasteiger partial charge in [-0.2, -0.15) is 0 Å². The minimum Gasteiger partial charge on any atom is -0.391 e. The molecular formula is C14H20N2O2S. The van der Waals surface area contributed by atoms with Crippen molar-refractivity contribution in [2.75, 3.05) is 5.75 Å². The number of thioether (sulfide) groups is 1. The number of nitrogens with zero attached hydrogens (tertiary/aromatic N) is 1. The van der Waals surface area contributed by atoms with Gasteiger partial charge in [0.1, 0.15) is 0 Å². The molecule has 1 saturated carbocycles. The van der Waals surface area contributed by atoms with Gasteiger partial charge in [0.25, 0.3) is 5.91 Å². The molecule has 0 saturated heterocycles. The highest BCUT2D eigenvalue weighted by Crippen LogP contribution is 2.19. The van der Waals surface area contributed by atoms with E-state index in [-0.39, 0.29) is 11.9 Å². The molecule has 1 aromatic rings. The van der Waals surface area contributed by atoms with Crippen molar-refractivity contribution in [3.05, 3.63) is 23.9 Å². The fourth-order valence-corrected chi connectivity index (χ4v) is 2.87. The summed E-state index contributed by atoms with van der Waals surface area (Å²) in [4.78, 5) is 16.3. The second-order valence-corrected chi connectivity index (χ2v) is 6.03. The van der Waals surface area contributed by atoms with E-state index in [2.05, 4.69) is 17.2 Å². The summed E-state index contributed by atoms with van der Waals surface area (Å²) in [6.07, 6.45) is 4.91. The molecule has 0 aromatic carbocycles. The summed E-state index contributed by atoms with van der Waals surface area (Å²) in [6, 6.07) is 3.53. The van der Waals surface area contributed by atoms with Crippen molar-refractivity contribution in [2.24, 2.45) is 0 Å². The molecule has 1 heterocycles. The Labute approximate surface area is 118 Å². The lowest BCUT2D eigenvalue weighted by molar-refractivity contribution is 0.0717.